The van der Waals surface area contributed by atoms with Crippen LogP contribution in [0.3, 0.4) is 0 Å². The first-order valence-electron chi connectivity index (χ1n) is 12.5. The van der Waals surface area contributed by atoms with Crippen molar-refractivity contribution in [1.82, 2.24) is 10.2 Å². The minimum absolute atomic E-state index is 0.108. The predicted molar refractivity (Wildman–Crippen MR) is 143 cm³/mol. The molecule has 0 aliphatic carbocycles. The molecule has 35 heavy (non-hydrogen) atoms. The summed E-state index contributed by atoms with van der Waals surface area (Å²) in [5.41, 5.74) is 4.16. The summed E-state index contributed by atoms with van der Waals surface area (Å²) >= 11 is 0. The van der Waals surface area contributed by atoms with E-state index in [4.69, 9.17) is 0 Å². The molecular weight excluding hydrogens is 460 g/mol. The van der Waals surface area contributed by atoms with Crippen LogP contribution in [0, 0.1) is 6.92 Å². The number of carbonyl (C=O) groups excluding carboxylic acids is 1. The van der Waals surface area contributed by atoms with Crippen molar-refractivity contribution in [3.8, 4) is 0 Å². The van der Waals surface area contributed by atoms with Gasteiger partial charge in [-0.05, 0) is 74.2 Å². The van der Waals surface area contributed by atoms with Crippen molar-refractivity contribution < 1.29 is 13.2 Å². The van der Waals surface area contributed by atoms with Crippen LogP contribution in [0.1, 0.15) is 30.4 Å². The summed E-state index contributed by atoms with van der Waals surface area (Å²) in [6.07, 6.45) is 5.97. The zero-order chi connectivity index (χ0) is 24.7. The predicted octanol–water partition coefficient (Wildman–Crippen LogP) is 3.27. The molecule has 2 aliphatic rings. The molecule has 188 valence electrons. The van der Waals surface area contributed by atoms with E-state index in [-0.39, 0.29) is 11.7 Å². The van der Waals surface area contributed by atoms with Crippen molar-refractivity contribution in [2.75, 3.05) is 60.8 Å². The molecule has 0 spiro atoms. The topological polar surface area (TPSA) is 73.0 Å². The highest BCUT2D eigenvalue weighted by molar-refractivity contribution is 7.93. The summed E-state index contributed by atoms with van der Waals surface area (Å²) in [4.78, 5) is 17.1. The lowest BCUT2D eigenvalue weighted by atomic mass is 10.2. The normalized spacial score (nSPS) is 18.3. The van der Waals surface area contributed by atoms with E-state index in [1.54, 1.807) is 18.2 Å². The molecule has 0 atom stereocenters. The van der Waals surface area contributed by atoms with Gasteiger partial charge in [0.25, 0.3) is 0 Å². The van der Waals surface area contributed by atoms with E-state index in [0.717, 1.165) is 51.1 Å². The number of hydrogen-bond donors (Lipinski definition) is 1. The molecule has 7 nitrogen and oxygen atoms in total. The molecule has 0 aromatic heterocycles. The van der Waals surface area contributed by atoms with E-state index in [2.05, 4.69) is 46.3 Å². The second kappa shape index (κ2) is 11.7. The first-order chi connectivity index (χ1) is 16.9. The first kappa shape index (κ1) is 25.3. The molecule has 1 N–H and O–H groups in total. The number of unbranched alkanes of at least 4 members (excludes halogenated alkanes) is 1. The lowest BCUT2D eigenvalue weighted by Crippen LogP contribution is -2.46. The summed E-state index contributed by atoms with van der Waals surface area (Å²) in [7, 11) is -3.17. The van der Waals surface area contributed by atoms with Gasteiger partial charge in [-0.15, -0.1) is 0 Å². The van der Waals surface area contributed by atoms with E-state index < -0.39 is 10.0 Å². The molecule has 0 unspecified atom stereocenters. The fourth-order valence-corrected chi connectivity index (χ4v) is 6.20. The van der Waals surface area contributed by atoms with Crippen LogP contribution in [0.25, 0.3) is 6.08 Å². The third kappa shape index (κ3) is 7.08. The van der Waals surface area contributed by atoms with E-state index >= 15 is 0 Å². The van der Waals surface area contributed by atoms with Crippen LogP contribution >= 0.6 is 0 Å². The number of nitrogens with zero attached hydrogens (tertiary/aromatic N) is 3. The highest BCUT2D eigenvalue weighted by atomic mass is 32.2. The molecule has 0 radical (unpaired) electrons. The number of amides is 1. The van der Waals surface area contributed by atoms with E-state index in [1.165, 1.54) is 21.6 Å². The number of anilines is 2. The molecule has 8 heteroatoms. The Morgan fingerprint density at radius 1 is 0.971 bits per heavy atom. The molecule has 0 saturated carbocycles. The van der Waals surface area contributed by atoms with Gasteiger partial charge in [0.2, 0.25) is 15.9 Å². The maximum Gasteiger partial charge on any atom is 0.243 e. The first-order valence-corrected chi connectivity index (χ1v) is 14.1. The van der Waals surface area contributed by atoms with Gasteiger partial charge in [-0.1, -0.05) is 24.3 Å². The molecule has 1 amide bonds. The fourth-order valence-electron chi connectivity index (χ4n) is 4.64. The van der Waals surface area contributed by atoms with Crippen molar-refractivity contribution in [3.63, 3.8) is 0 Å². The second-order valence-electron chi connectivity index (χ2n) is 9.33. The quantitative estimate of drug-likeness (QED) is 0.426. The third-order valence-corrected chi connectivity index (χ3v) is 8.52. The minimum Gasteiger partial charge on any atom is -0.369 e. The Balaban J connectivity index is 1.10. The standard InChI is InChI=1S/C27H36N4O3S/c1-23-6-4-7-26(22-23)30-19-17-29(18-20-30)15-3-2-14-28-27(32)13-10-24-8-11-25(12-9-24)31-16-5-21-35(31,33)34/h4,6-13,22H,2-3,5,14-21H2,1H3,(H,28,32)/b13-10+. The summed E-state index contributed by atoms with van der Waals surface area (Å²) in [5, 5.41) is 2.95. The number of hydrogen-bond acceptors (Lipinski definition) is 5. The molecule has 2 aromatic carbocycles. The smallest absolute Gasteiger partial charge is 0.243 e. The van der Waals surface area contributed by atoms with Gasteiger partial charge in [-0.25, -0.2) is 8.42 Å². The van der Waals surface area contributed by atoms with E-state index in [9.17, 15) is 13.2 Å². The second-order valence-corrected chi connectivity index (χ2v) is 11.3. The summed E-state index contributed by atoms with van der Waals surface area (Å²) in [6.45, 7) is 8.65. The average molecular weight is 497 g/mol. The Kier molecular flexibility index (Phi) is 8.46. The lowest BCUT2D eigenvalue weighted by molar-refractivity contribution is -0.116. The van der Waals surface area contributed by atoms with Crippen LogP contribution in [0.5, 0.6) is 0 Å². The van der Waals surface area contributed by atoms with Gasteiger partial charge in [0.15, 0.2) is 0 Å². The van der Waals surface area contributed by atoms with Gasteiger partial charge in [-0.3, -0.25) is 14.0 Å². The number of piperazine rings is 1. The average Bonchev–Trinajstić information content (AvgIpc) is 3.22. The van der Waals surface area contributed by atoms with E-state index in [1.807, 2.05) is 12.1 Å². The van der Waals surface area contributed by atoms with Crippen LogP contribution in [-0.4, -0.2) is 70.8 Å². The molecule has 2 heterocycles. The molecule has 2 saturated heterocycles. The fraction of sp³-hybridized carbons (Fsp3) is 0.444. The number of benzene rings is 2. The van der Waals surface area contributed by atoms with Crippen LogP contribution in [0.4, 0.5) is 11.4 Å². The van der Waals surface area contributed by atoms with Crippen molar-refractivity contribution in [2.45, 2.75) is 26.2 Å². The van der Waals surface area contributed by atoms with Crippen LogP contribution in [-0.2, 0) is 14.8 Å². The number of aryl methyl sites for hydroxylation is 1. The van der Waals surface area contributed by atoms with Gasteiger partial charge < -0.3 is 10.2 Å². The van der Waals surface area contributed by atoms with Gasteiger partial charge in [0, 0.05) is 51.0 Å². The van der Waals surface area contributed by atoms with Gasteiger partial charge in [0.05, 0.1) is 11.4 Å². The molecule has 2 aliphatic heterocycles. The zero-order valence-corrected chi connectivity index (χ0v) is 21.3. The number of sulfonamides is 1. The van der Waals surface area contributed by atoms with Crippen molar-refractivity contribution in [2.24, 2.45) is 0 Å². The Hall–Kier alpha value is -2.84. The Bertz CT molecular complexity index is 1120. The summed E-state index contributed by atoms with van der Waals surface area (Å²) in [6, 6.07) is 16.0. The zero-order valence-electron chi connectivity index (χ0n) is 20.5. The lowest BCUT2D eigenvalue weighted by Gasteiger charge is -2.36. The maximum absolute atomic E-state index is 12.1. The van der Waals surface area contributed by atoms with Gasteiger partial charge >= 0.3 is 0 Å². The Morgan fingerprint density at radius 2 is 1.74 bits per heavy atom. The molecular formula is C27H36N4O3S. The Morgan fingerprint density at radius 3 is 2.43 bits per heavy atom. The molecule has 0 bridgehead atoms. The largest absolute Gasteiger partial charge is 0.369 e. The van der Waals surface area contributed by atoms with Crippen molar-refractivity contribution in [3.05, 3.63) is 65.7 Å². The highest BCUT2D eigenvalue weighted by Gasteiger charge is 2.28. The monoisotopic (exact) mass is 496 g/mol. The van der Waals surface area contributed by atoms with E-state index in [0.29, 0.717) is 25.2 Å². The third-order valence-electron chi connectivity index (χ3n) is 6.65. The molecule has 2 fully saturated rings. The maximum atomic E-state index is 12.1. The minimum atomic E-state index is -3.17. The molecule has 2 aromatic rings. The van der Waals surface area contributed by atoms with Crippen molar-refractivity contribution >= 4 is 33.4 Å². The number of rotatable bonds is 9. The molecule has 4 rings (SSSR count). The van der Waals surface area contributed by atoms with Gasteiger partial charge in [-0.2, -0.15) is 0 Å². The van der Waals surface area contributed by atoms with Crippen molar-refractivity contribution in [1.29, 1.82) is 0 Å². The number of nitrogens with one attached hydrogen (secondary N) is 1. The van der Waals surface area contributed by atoms with Crippen LogP contribution < -0.4 is 14.5 Å². The summed E-state index contributed by atoms with van der Waals surface area (Å²) in [5.74, 6) is 0.0994. The van der Waals surface area contributed by atoms with Crippen LogP contribution in [0.15, 0.2) is 54.6 Å². The SMILES string of the molecule is Cc1cccc(N2CCN(CCCCNC(=O)/C=C/c3ccc(N4CCCS4(=O)=O)cc3)CC2)c1. The number of carbonyl (C=O) groups is 1. The summed E-state index contributed by atoms with van der Waals surface area (Å²) < 4.78 is 25.5. The highest BCUT2D eigenvalue weighted by Crippen LogP contribution is 2.24. The van der Waals surface area contributed by atoms with Gasteiger partial charge in [0.1, 0.15) is 0 Å². The van der Waals surface area contributed by atoms with Crippen LogP contribution in [0.2, 0.25) is 0 Å². The Labute approximate surface area is 209 Å².